The number of oxime groups is 1. The minimum atomic E-state index is 0.421. The van der Waals surface area contributed by atoms with Crippen molar-refractivity contribution >= 4 is 17.8 Å². The van der Waals surface area contributed by atoms with Crippen LogP contribution in [-0.4, -0.2) is 6.21 Å². The standard InChI is InChI=1S/C9H10ClNO/c1-2-11-12-7-8-5-3-4-6-9(8)10/h2-6H,7H2,1H3. The third-order valence-corrected chi connectivity index (χ3v) is 1.73. The molecule has 0 aliphatic rings. The molecule has 0 aliphatic heterocycles. The van der Waals surface area contributed by atoms with Crippen molar-refractivity contribution in [3.63, 3.8) is 0 Å². The maximum Gasteiger partial charge on any atom is 0.143 e. The summed E-state index contributed by atoms with van der Waals surface area (Å²) in [6.07, 6.45) is 1.59. The van der Waals surface area contributed by atoms with E-state index in [4.69, 9.17) is 16.4 Å². The number of halogens is 1. The van der Waals surface area contributed by atoms with Crippen LogP contribution >= 0.6 is 11.6 Å². The van der Waals surface area contributed by atoms with Crippen LogP contribution < -0.4 is 0 Å². The summed E-state index contributed by atoms with van der Waals surface area (Å²) in [5, 5.41) is 4.34. The maximum atomic E-state index is 5.87. The molecule has 0 fully saturated rings. The summed E-state index contributed by atoms with van der Waals surface area (Å²) in [6.45, 7) is 2.22. The zero-order chi connectivity index (χ0) is 8.81. The van der Waals surface area contributed by atoms with Crippen LogP contribution in [-0.2, 0) is 11.4 Å². The summed E-state index contributed by atoms with van der Waals surface area (Å²) >= 11 is 5.87. The van der Waals surface area contributed by atoms with Crippen molar-refractivity contribution in [3.8, 4) is 0 Å². The second-order valence-corrected chi connectivity index (χ2v) is 2.64. The lowest BCUT2D eigenvalue weighted by atomic mass is 10.2. The Hall–Kier alpha value is -1.02. The van der Waals surface area contributed by atoms with Gasteiger partial charge in [-0.3, -0.25) is 0 Å². The molecule has 0 bridgehead atoms. The van der Waals surface area contributed by atoms with E-state index in [1.54, 1.807) is 13.1 Å². The Morgan fingerprint density at radius 1 is 1.50 bits per heavy atom. The van der Waals surface area contributed by atoms with Crippen LogP contribution in [0.25, 0.3) is 0 Å². The quantitative estimate of drug-likeness (QED) is 0.522. The number of benzene rings is 1. The van der Waals surface area contributed by atoms with Crippen molar-refractivity contribution in [1.29, 1.82) is 0 Å². The molecule has 0 N–H and O–H groups in total. The first-order valence-corrected chi connectivity index (χ1v) is 4.05. The van der Waals surface area contributed by atoms with Gasteiger partial charge in [-0.15, -0.1) is 0 Å². The Balaban J connectivity index is 2.57. The molecule has 0 amide bonds. The molecular formula is C9H10ClNO. The highest BCUT2D eigenvalue weighted by atomic mass is 35.5. The van der Waals surface area contributed by atoms with Crippen LogP contribution in [0.1, 0.15) is 12.5 Å². The number of hydrogen-bond acceptors (Lipinski definition) is 2. The summed E-state index contributed by atoms with van der Waals surface area (Å²) in [4.78, 5) is 4.93. The summed E-state index contributed by atoms with van der Waals surface area (Å²) in [6, 6.07) is 7.54. The van der Waals surface area contributed by atoms with Crippen molar-refractivity contribution in [2.45, 2.75) is 13.5 Å². The molecule has 0 spiro atoms. The second kappa shape index (κ2) is 4.78. The van der Waals surface area contributed by atoms with Crippen LogP contribution in [0.2, 0.25) is 5.02 Å². The highest BCUT2D eigenvalue weighted by Gasteiger charge is 1.97. The van der Waals surface area contributed by atoms with Gasteiger partial charge in [0.2, 0.25) is 0 Å². The molecule has 2 nitrogen and oxygen atoms in total. The first-order valence-electron chi connectivity index (χ1n) is 3.68. The topological polar surface area (TPSA) is 21.6 Å². The van der Waals surface area contributed by atoms with Crippen molar-refractivity contribution < 1.29 is 4.84 Å². The Labute approximate surface area is 76.8 Å². The average Bonchev–Trinajstić information content (AvgIpc) is 2.09. The van der Waals surface area contributed by atoms with E-state index in [1.165, 1.54) is 0 Å². The molecule has 0 radical (unpaired) electrons. The van der Waals surface area contributed by atoms with E-state index in [0.717, 1.165) is 5.56 Å². The molecule has 1 aromatic carbocycles. The normalized spacial score (nSPS) is 10.5. The van der Waals surface area contributed by atoms with Gasteiger partial charge < -0.3 is 4.84 Å². The van der Waals surface area contributed by atoms with Crippen molar-refractivity contribution in [3.05, 3.63) is 34.9 Å². The van der Waals surface area contributed by atoms with Crippen molar-refractivity contribution in [2.75, 3.05) is 0 Å². The monoisotopic (exact) mass is 183 g/mol. The molecule has 64 valence electrons. The third-order valence-electron chi connectivity index (χ3n) is 1.36. The molecule has 0 saturated carbocycles. The first-order chi connectivity index (χ1) is 5.84. The Kier molecular flexibility index (Phi) is 3.61. The van der Waals surface area contributed by atoms with Crippen LogP contribution in [0.5, 0.6) is 0 Å². The number of rotatable bonds is 3. The van der Waals surface area contributed by atoms with Gasteiger partial charge in [0.25, 0.3) is 0 Å². The van der Waals surface area contributed by atoms with Crippen molar-refractivity contribution in [2.24, 2.45) is 5.16 Å². The summed E-state index contributed by atoms with van der Waals surface area (Å²) in [7, 11) is 0. The number of hydrogen-bond donors (Lipinski definition) is 0. The Morgan fingerprint density at radius 3 is 2.92 bits per heavy atom. The zero-order valence-corrected chi connectivity index (χ0v) is 7.58. The molecule has 0 aromatic heterocycles. The van der Waals surface area contributed by atoms with Crippen LogP contribution in [0.3, 0.4) is 0 Å². The third kappa shape index (κ3) is 2.55. The summed E-state index contributed by atoms with van der Waals surface area (Å²) < 4.78 is 0. The Morgan fingerprint density at radius 2 is 2.25 bits per heavy atom. The highest BCUT2D eigenvalue weighted by molar-refractivity contribution is 6.31. The highest BCUT2D eigenvalue weighted by Crippen LogP contribution is 2.15. The van der Waals surface area contributed by atoms with E-state index >= 15 is 0 Å². The molecule has 1 aromatic rings. The molecule has 0 atom stereocenters. The van der Waals surface area contributed by atoms with Gasteiger partial charge in [-0.05, 0) is 13.0 Å². The van der Waals surface area contributed by atoms with E-state index < -0.39 is 0 Å². The smallest absolute Gasteiger partial charge is 0.143 e. The fraction of sp³-hybridized carbons (Fsp3) is 0.222. The SMILES string of the molecule is CC=NOCc1ccccc1Cl. The zero-order valence-electron chi connectivity index (χ0n) is 6.83. The lowest BCUT2D eigenvalue weighted by Crippen LogP contribution is -1.87. The Bertz CT molecular complexity index is 273. The summed E-state index contributed by atoms with van der Waals surface area (Å²) in [5.41, 5.74) is 0.949. The fourth-order valence-corrected chi connectivity index (χ4v) is 0.987. The molecule has 0 saturated heterocycles. The van der Waals surface area contributed by atoms with Crippen molar-refractivity contribution in [1.82, 2.24) is 0 Å². The molecule has 0 aliphatic carbocycles. The minimum absolute atomic E-state index is 0.421. The molecule has 0 unspecified atom stereocenters. The van der Waals surface area contributed by atoms with Gasteiger partial charge in [-0.2, -0.15) is 0 Å². The average molecular weight is 184 g/mol. The van der Waals surface area contributed by atoms with E-state index in [1.807, 2.05) is 24.3 Å². The van der Waals surface area contributed by atoms with E-state index in [9.17, 15) is 0 Å². The van der Waals surface area contributed by atoms with Crippen LogP contribution in [0.15, 0.2) is 29.4 Å². The molecule has 1 rings (SSSR count). The van der Waals surface area contributed by atoms with E-state index in [2.05, 4.69) is 5.16 Å². The minimum Gasteiger partial charge on any atom is -0.391 e. The predicted molar refractivity (Wildman–Crippen MR) is 50.4 cm³/mol. The fourth-order valence-electron chi connectivity index (χ4n) is 0.797. The largest absolute Gasteiger partial charge is 0.391 e. The van der Waals surface area contributed by atoms with Crippen LogP contribution in [0, 0.1) is 0 Å². The van der Waals surface area contributed by atoms with E-state index in [0.29, 0.717) is 11.6 Å². The predicted octanol–water partition coefficient (Wildman–Crippen LogP) is 2.86. The molecule has 3 heteroatoms. The first kappa shape index (κ1) is 9.07. The number of nitrogens with zero attached hydrogens (tertiary/aromatic N) is 1. The van der Waals surface area contributed by atoms with Gasteiger partial charge in [0.05, 0.1) is 0 Å². The molecule has 0 heterocycles. The molecule has 12 heavy (non-hydrogen) atoms. The lowest BCUT2D eigenvalue weighted by molar-refractivity contribution is 0.132. The van der Waals surface area contributed by atoms with Gasteiger partial charge in [-0.25, -0.2) is 0 Å². The van der Waals surface area contributed by atoms with E-state index in [-0.39, 0.29) is 0 Å². The van der Waals surface area contributed by atoms with Gasteiger partial charge in [0, 0.05) is 16.8 Å². The molecular weight excluding hydrogens is 174 g/mol. The van der Waals surface area contributed by atoms with Gasteiger partial charge in [-0.1, -0.05) is 35.0 Å². The van der Waals surface area contributed by atoms with Crippen LogP contribution in [0.4, 0.5) is 0 Å². The van der Waals surface area contributed by atoms with Gasteiger partial charge in [0.1, 0.15) is 6.61 Å². The van der Waals surface area contributed by atoms with Gasteiger partial charge in [0.15, 0.2) is 0 Å². The van der Waals surface area contributed by atoms with Gasteiger partial charge >= 0.3 is 0 Å². The summed E-state index contributed by atoms with van der Waals surface area (Å²) in [5.74, 6) is 0. The maximum absolute atomic E-state index is 5.87. The second-order valence-electron chi connectivity index (χ2n) is 2.23. The lowest BCUT2D eigenvalue weighted by Gasteiger charge is -2.00.